The number of thioether (sulfide) groups is 1. The Morgan fingerprint density at radius 3 is 2.00 bits per heavy atom. The molecule has 0 atom stereocenters. The Hall–Kier alpha value is -2.72. The van der Waals surface area contributed by atoms with E-state index in [1.54, 1.807) is 18.2 Å². The van der Waals surface area contributed by atoms with Crippen molar-refractivity contribution >= 4 is 29.3 Å². The first kappa shape index (κ1) is 35.5. The average molecular weight is 661 g/mol. The van der Waals surface area contributed by atoms with Crippen LogP contribution in [0.1, 0.15) is 106 Å². The van der Waals surface area contributed by atoms with Gasteiger partial charge in [-0.3, -0.25) is 9.59 Å². The maximum absolute atomic E-state index is 12.7. The molecule has 0 aliphatic rings. The van der Waals surface area contributed by atoms with E-state index in [1.807, 2.05) is 12.3 Å². The lowest BCUT2D eigenvalue weighted by molar-refractivity contribution is -0.697. The quantitative estimate of drug-likeness (QED) is 0.101. The van der Waals surface area contributed by atoms with Crippen molar-refractivity contribution in [2.75, 3.05) is 11.6 Å². The van der Waals surface area contributed by atoms with Gasteiger partial charge in [-0.05, 0) is 31.2 Å². The molecule has 3 rings (SSSR count). The van der Waals surface area contributed by atoms with Crippen LogP contribution < -0.4 is 32.2 Å². The first-order chi connectivity index (χ1) is 20.2. The van der Waals surface area contributed by atoms with Gasteiger partial charge in [0.25, 0.3) is 11.1 Å². The molecule has 3 aromatic rings. The lowest BCUT2D eigenvalue weighted by Crippen LogP contribution is -3.00. The van der Waals surface area contributed by atoms with Gasteiger partial charge in [-0.15, -0.1) is 10.2 Å². The zero-order valence-corrected chi connectivity index (χ0v) is 27.3. The van der Waals surface area contributed by atoms with Crippen molar-refractivity contribution in [3.63, 3.8) is 0 Å². The van der Waals surface area contributed by atoms with Crippen LogP contribution in [-0.2, 0) is 17.9 Å². The van der Waals surface area contributed by atoms with Crippen molar-refractivity contribution in [2.24, 2.45) is 0 Å². The van der Waals surface area contributed by atoms with Crippen LogP contribution in [0.3, 0.4) is 0 Å². The molecular weight excluding hydrogens is 614 g/mol. The van der Waals surface area contributed by atoms with Crippen LogP contribution in [0.15, 0.2) is 64.5 Å². The molecule has 1 aromatic carbocycles. The number of anilines is 1. The van der Waals surface area contributed by atoms with Crippen LogP contribution in [0.5, 0.6) is 0 Å². The summed E-state index contributed by atoms with van der Waals surface area (Å²) in [7, 11) is 0. The maximum Gasteiger partial charge on any atom is 0.276 e. The molecule has 42 heavy (non-hydrogen) atoms. The highest BCUT2D eigenvalue weighted by Gasteiger charge is 2.14. The summed E-state index contributed by atoms with van der Waals surface area (Å²) < 4.78 is 7.66. The first-order valence-corrected chi connectivity index (χ1v) is 16.4. The number of nitrogens with one attached hydrogen (secondary N) is 2. The highest BCUT2D eigenvalue weighted by Crippen LogP contribution is 2.17. The summed E-state index contributed by atoms with van der Waals surface area (Å²) in [6, 6.07) is 13.3. The third kappa shape index (κ3) is 14.4. The summed E-state index contributed by atoms with van der Waals surface area (Å²) in [5, 5.41) is 13.9. The largest absolute Gasteiger partial charge is 1.00 e. The number of nitrogens with zero attached hydrogens (tertiary/aromatic N) is 3. The standard InChI is InChI=1S/C32H45N5O3S.BrH/c1-41-32-36-35-30(40-32)26-33-31(39)27-20-15-16-21-28(27)34-29(38)22-14-11-9-7-5-3-2-4-6-8-10-12-17-23-37-24-18-13-19-25-37;/h13,15-16,18-21,24-25H,2-12,14,17,22-23,26H2,1H3,(H-,33,34,38,39);1H. The number of para-hydroxylation sites is 1. The molecule has 0 bridgehead atoms. The highest BCUT2D eigenvalue weighted by atomic mass is 79.9. The Balaban J connectivity index is 0.00000616. The number of benzene rings is 1. The van der Waals surface area contributed by atoms with E-state index in [2.05, 4.69) is 56.0 Å². The summed E-state index contributed by atoms with van der Waals surface area (Å²) in [5.74, 6) is -0.0299. The van der Waals surface area contributed by atoms with Gasteiger partial charge in [-0.1, -0.05) is 94.2 Å². The fraction of sp³-hybridized carbons (Fsp3) is 0.531. The lowest BCUT2D eigenvalue weighted by atomic mass is 10.0. The number of amides is 2. The average Bonchev–Trinajstić information content (AvgIpc) is 3.47. The Morgan fingerprint density at radius 1 is 0.786 bits per heavy atom. The SMILES string of the molecule is CSc1nnc(CNC(=O)c2ccccc2NC(=O)CCCCCCCCCCCCCCC[n+]2ccccc2)o1.[Br-]. The fourth-order valence-electron chi connectivity index (χ4n) is 4.75. The molecule has 2 amide bonds. The number of aromatic nitrogens is 3. The Bertz CT molecular complexity index is 1160. The summed E-state index contributed by atoms with van der Waals surface area (Å²) >= 11 is 1.35. The zero-order chi connectivity index (χ0) is 29.0. The number of carbonyl (C=O) groups excluding carboxylic acids is 2. The van der Waals surface area contributed by atoms with Gasteiger partial charge in [0.2, 0.25) is 11.8 Å². The zero-order valence-electron chi connectivity index (χ0n) is 24.9. The van der Waals surface area contributed by atoms with E-state index >= 15 is 0 Å². The van der Waals surface area contributed by atoms with Crippen LogP contribution in [0.25, 0.3) is 0 Å². The molecule has 0 spiro atoms. The van der Waals surface area contributed by atoms with Gasteiger partial charge in [0.15, 0.2) is 12.4 Å². The molecule has 0 fully saturated rings. The minimum Gasteiger partial charge on any atom is -1.00 e. The number of halogens is 1. The van der Waals surface area contributed by atoms with E-state index in [0.29, 0.717) is 28.8 Å². The van der Waals surface area contributed by atoms with E-state index in [-0.39, 0.29) is 35.3 Å². The maximum atomic E-state index is 12.7. The summed E-state index contributed by atoms with van der Waals surface area (Å²) in [6.45, 7) is 1.26. The van der Waals surface area contributed by atoms with Gasteiger partial charge in [0.1, 0.15) is 6.54 Å². The third-order valence-electron chi connectivity index (χ3n) is 7.07. The molecule has 0 saturated heterocycles. The predicted octanol–water partition coefficient (Wildman–Crippen LogP) is 4.11. The third-order valence-corrected chi connectivity index (χ3v) is 7.58. The molecule has 2 aromatic heterocycles. The van der Waals surface area contributed by atoms with E-state index in [1.165, 1.54) is 82.4 Å². The summed E-state index contributed by atoms with van der Waals surface area (Å²) in [5.41, 5.74) is 0.920. The lowest BCUT2D eigenvalue weighted by Gasteiger charge is -2.11. The smallest absolute Gasteiger partial charge is 0.276 e. The van der Waals surface area contributed by atoms with Crippen LogP contribution in [0.2, 0.25) is 0 Å². The van der Waals surface area contributed by atoms with Crippen molar-refractivity contribution in [1.29, 1.82) is 0 Å². The van der Waals surface area contributed by atoms with Gasteiger partial charge >= 0.3 is 0 Å². The van der Waals surface area contributed by atoms with E-state index in [0.717, 1.165) is 19.4 Å². The van der Waals surface area contributed by atoms with Gasteiger partial charge in [0, 0.05) is 25.0 Å². The number of unbranched alkanes of at least 4 members (excludes halogenated alkanes) is 12. The van der Waals surface area contributed by atoms with Crippen molar-refractivity contribution < 1.29 is 35.6 Å². The Kier molecular flexibility index (Phi) is 18.5. The fourth-order valence-corrected chi connectivity index (χ4v) is 5.06. The van der Waals surface area contributed by atoms with Crippen molar-refractivity contribution in [3.05, 3.63) is 66.3 Å². The first-order valence-electron chi connectivity index (χ1n) is 15.1. The summed E-state index contributed by atoms with van der Waals surface area (Å²) in [4.78, 5) is 25.2. The van der Waals surface area contributed by atoms with Crippen LogP contribution in [-0.4, -0.2) is 28.3 Å². The predicted molar refractivity (Wildman–Crippen MR) is 164 cm³/mol. The van der Waals surface area contributed by atoms with Crippen LogP contribution in [0, 0.1) is 0 Å². The molecule has 8 nitrogen and oxygen atoms in total. The van der Waals surface area contributed by atoms with Crippen LogP contribution >= 0.6 is 11.8 Å². The van der Waals surface area contributed by atoms with E-state index < -0.39 is 0 Å². The molecule has 0 aliphatic carbocycles. The van der Waals surface area contributed by atoms with E-state index in [4.69, 9.17) is 4.42 Å². The topological polar surface area (TPSA) is 101 Å². The summed E-state index contributed by atoms with van der Waals surface area (Å²) in [6.07, 6.45) is 22.8. The molecule has 0 unspecified atom stereocenters. The van der Waals surface area contributed by atoms with Gasteiger partial charge in [-0.25, -0.2) is 4.57 Å². The second-order valence-corrected chi connectivity index (χ2v) is 11.2. The van der Waals surface area contributed by atoms with Gasteiger partial charge in [-0.2, -0.15) is 0 Å². The molecule has 2 N–H and O–H groups in total. The number of hydrogen-bond donors (Lipinski definition) is 2. The minimum absolute atomic E-state index is 0. The Labute approximate surface area is 265 Å². The molecule has 0 aliphatic heterocycles. The monoisotopic (exact) mass is 659 g/mol. The highest BCUT2D eigenvalue weighted by molar-refractivity contribution is 7.98. The second kappa shape index (κ2) is 21.9. The number of pyridine rings is 1. The molecule has 0 saturated carbocycles. The number of aryl methyl sites for hydroxylation is 1. The normalized spacial score (nSPS) is 10.7. The molecule has 2 heterocycles. The van der Waals surface area contributed by atoms with Crippen molar-refractivity contribution in [3.8, 4) is 0 Å². The van der Waals surface area contributed by atoms with Crippen molar-refractivity contribution in [1.82, 2.24) is 15.5 Å². The number of hydrogen-bond acceptors (Lipinski definition) is 6. The molecular formula is C32H46BrN5O3S. The molecule has 0 radical (unpaired) electrons. The molecule has 230 valence electrons. The minimum atomic E-state index is -0.303. The van der Waals surface area contributed by atoms with Crippen LogP contribution in [0.4, 0.5) is 5.69 Å². The number of carbonyl (C=O) groups is 2. The second-order valence-electron chi connectivity index (χ2n) is 10.4. The van der Waals surface area contributed by atoms with Gasteiger partial charge in [0.05, 0.1) is 17.8 Å². The van der Waals surface area contributed by atoms with Gasteiger partial charge < -0.3 is 32.0 Å². The molecule has 10 heteroatoms. The Morgan fingerprint density at radius 2 is 1.38 bits per heavy atom. The van der Waals surface area contributed by atoms with E-state index in [9.17, 15) is 9.59 Å². The van der Waals surface area contributed by atoms with Crippen molar-refractivity contribution in [2.45, 2.75) is 108 Å². The number of rotatable bonds is 21.